The van der Waals surface area contributed by atoms with E-state index in [2.05, 4.69) is 71.4 Å². The molecule has 4 heteroatoms. The van der Waals surface area contributed by atoms with Gasteiger partial charge in [-0.05, 0) is 53.5 Å². The first-order valence-corrected chi connectivity index (χ1v) is 11.8. The van der Waals surface area contributed by atoms with Gasteiger partial charge in [0.15, 0.2) is 0 Å². The van der Waals surface area contributed by atoms with Gasteiger partial charge in [0.1, 0.15) is 0 Å². The summed E-state index contributed by atoms with van der Waals surface area (Å²) in [5, 5.41) is 11.1. The highest BCUT2D eigenvalue weighted by molar-refractivity contribution is 6.33. The maximum atomic E-state index is 11.4. The Hall–Kier alpha value is -4.08. The van der Waals surface area contributed by atoms with Crippen molar-refractivity contribution in [3.63, 3.8) is 0 Å². The first kappa shape index (κ1) is 22.7. The van der Waals surface area contributed by atoms with Crippen molar-refractivity contribution in [2.45, 2.75) is 13.5 Å². The molecule has 1 aromatic heterocycles. The van der Waals surface area contributed by atoms with Crippen LogP contribution in [-0.2, 0) is 11.3 Å². The van der Waals surface area contributed by atoms with Crippen LogP contribution in [-0.4, -0.2) is 15.6 Å². The summed E-state index contributed by atoms with van der Waals surface area (Å²) in [7, 11) is 0. The number of carboxylic acids is 1. The standard InChI is InChI=1S/C31H24ClNO2/c1-21(31(34)35)17-24-13-8-15-28(32)30(24)25-12-7-11-23(18-25)27-20-33(19-22-9-3-2-4-10-22)29-16-6-5-14-26(27)29/h2-18,20H,19H2,1H3,(H,34,35)/b21-17-. The van der Waals surface area contributed by atoms with Crippen LogP contribution in [0.25, 0.3) is 39.2 Å². The molecular formula is C31H24ClNO2. The fraction of sp³-hybridized carbons (Fsp3) is 0.0645. The second-order valence-corrected chi connectivity index (χ2v) is 9.00. The van der Waals surface area contributed by atoms with Gasteiger partial charge in [0.25, 0.3) is 0 Å². The van der Waals surface area contributed by atoms with Gasteiger partial charge in [-0.25, -0.2) is 4.79 Å². The Kier molecular flexibility index (Phi) is 6.26. The van der Waals surface area contributed by atoms with Crippen molar-refractivity contribution in [3.05, 3.63) is 125 Å². The molecular weight excluding hydrogens is 454 g/mol. The molecule has 0 aliphatic rings. The summed E-state index contributed by atoms with van der Waals surface area (Å²) in [5.41, 5.74) is 7.45. The van der Waals surface area contributed by atoms with E-state index in [-0.39, 0.29) is 5.57 Å². The molecule has 0 atom stereocenters. The minimum Gasteiger partial charge on any atom is -0.478 e. The van der Waals surface area contributed by atoms with E-state index in [1.165, 1.54) is 16.5 Å². The van der Waals surface area contributed by atoms with Crippen LogP contribution in [0.15, 0.2) is 109 Å². The smallest absolute Gasteiger partial charge is 0.331 e. The molecule has 35 heavy (non-hydrogen) atoms. The molecule has 3 nitrogen and oxygen atoms in total. The summed E-state index contributed by atoms with van der Waals surface area (Å²) < 4.78 is 2.28. The van der Waals surface area contributed by atoms with Gasteiger partial charge in [-0.2, -0.15) is 0 Å². The third kappa shape index (κ3) is 4.64. The van der Waals surface area contributed by atoms with E-state index >= 15 is 0 Å². The normalized spacial score (nSPS) is 11.7. The number of hydrogen-bond donors (Lipinski definition) is 1. The number of nitrogens with zero attached hydrogens (tertiary/aromatic N) is 1. The summed E-state index contributed by atoms with van der Waals surface area (Å²) >= 11 is 6.63. The minimum absolute atomic E-state index is 0.258. The van der Waals surface area contributed by atoms with Gasteiger partial charge in [-0.3, -0.25) is 0 Å². The number of hydrogen-bond acceptors (Lipinski definition) is 1. The zero-order valence-electron chi connectivity index (χ0n) is 19.3. The van der Waals surface area contributed by atoms with Crippen LogP contribution in [0.4, 0.5) is 0 Å². The van der Waals surface area contributed by atoms with Crippen molar-refractivity contribution in [1.29, 1.82) is 0 Å². The van der Waals surface area contributed by atoms with E-state index < -0.39 is 5.97 Å². The minimum atomic E-state index is -0.948. The van der Waals surface area contributed by atoms with Crippen LogP contribution in [0.5, 0.6) is 0 Å². The number of aliphatic carboxylic acids is 1. The van der Waals surface area contributed by atoms with E-state index in [0.717, 1.165) is 34.4 Å². The Balaban J connectivity index is 1.63. The van der Waals surface area contributed by atoms with Crippen molar-refractivity contribution in [2.75, 3.05) is 0 Å². The molecule has 5 aromatic rings. The fourth-order valence-electron chi connectivity index (χ4n) is 4.49. The molecule has 4 aromatic carbocycles. The number of carboxylic acid groups (broad SMARTS) is 1. The number of fused-ring (bicyclic) bond motifs is 1. The van der Waals surface area contributed by atoms with Crippen LogP contribution >= 0.6 is 11.6 Å². The molecule has 0 unspecified atom stereocenters. The average Bonchev–Trinajstić information content (AvgIpc) is 3.23. The molecule has 0 amide bonds. The zero-order chi connectivity index (χ0) is 24.4. The van der Waals surface area contributed by atoms with Crippen molar-refractivity contribution in [2.24, 2.45) is 0 Å². The lowest BCUT2D eigenvalue weighted by molar-refractivity contribution is -0.132. The van der Waals surface area contributed by atoms with Gasteiger partial charge in [0.2, 0.25) is 0 Å². The molecule has 1 N–H and O–H groups in total. The Labute approximate surface area is 209 Å². The fourth-order valence-corrected chi connectivity index (χ4v) is 4.78. The topological polar surface area (TPSA) is 42.2 Å². The number of halogens is 1. The largest absolute Gasteiger partial charge is 0.478 e. The lowest BCUT2D eigenvalue weighted by atomic mass is 9.95. The van der Waals surface area contributed by atoms with Crippen molar-refractivity contribution < 1.29 is 9.90 Å². The van der Waals surface area contributed by atoms with Gasteiger partial charge in [-0.15, -0.1) is 0 Å². The van der Waals surface area contributed by atoms with Crippen LogP contribution in [0.3, 0.4) is 0 Å². The van der Waals surface area contributed by atoms with Crippen LogP contribution in [0, 0.1) is 0 Å². The molecule has 0 bridgehead atoms. The summed E-state index contributed by atoms with van der Waals surface area (Å²) in [6.07, 6.45) is 3.88. The van der Waals surface area contributed by atoms with Gasteiger partial charge < -0.3 is 9.67 Å². The van der Waals surface area contributed by atoms with Crippen LogP contribution in [0.2, 0.25) is 5.02 Å². The molecule has 0 saturated carbocycles. The highest BCUT2D eigenvalue weighted by atomic mass is 35.5. The highest BCUT2D eigenvalue weighted by Gasteiger charge is 2.14. The van der Waals surface area contributed by atoms with Crippen molar-refractivity contribution >= 4 is 34.5 Å². The third-order valence-corrected chi connectivity index (χ3v) is 6.52. The summed E-state index contributed by atoms with van der Waals surface area (Å²) in [5.74, 6) is -0.948. The molecule has 172 valence electrons. The van der Waals surface area contributed by atoms with Crippen LogP contribution in [0.1, 0.15) is 18.1 Å². The maximum Gasteiger partial charge on any atom is 0.331 e. The zero-order valence-corrected chi connectivity index (χ0v) is 20.0. The van der Waals surface area contributed by atoms with Gasteiger partial charge in [-0.1, -0.05) is 90.5 Å². The maximum absolute atomic E-state index is 11.4. The molecule has 5 rings (SSSR count). The average molecular weight is 478 g/mol. The van der Waals surface area contributed by atoms with Crippen molar-refractivity contribution in [1.82, 2.24) is 4.57 Å². The third-order valence-electron chi connectivity index (χ3n) is 6.20. The molecule has 0 fully saturated rings. The molecule has 1 heterocycles. The first-order valence-electron chi connectivity index (χ1n) is 11.4. The number of rotatable bonds is 6. The Morgan fingerprint density at radius 2 is 1.60 bits per heavy atom. The predicted octanol–water partition coefficient (Wildman–Crippen LogP) is 8.16. The van der Waals surface area contributed by atoms with E-state index in [4.69, 9.17) is 11.6 Å². The van der Waals surface area contributed by atoms with Crippen LogP contribution < -0.4 is 0 Å². The molecule has 0 spiro atoms. The van der Waals surface area contributed by atoms with E-state index in [9.17, 15) is 9.90 Å². The number of benzene rings is 4. The molecule has 0 radical (unpaired) electrons. The number of aromatic nitrogens is 1. The molecule has 0 aliphatic heterocycles. The Bertz CT molecular complexity index is 1560. The molecule has 0 aliphatic carbocycles. The number of carbonyl (C=O) groups is 1. The highest BCUT2D eigenvalue weighted by Crippen LogP contribution is 2.37. The predicted molar refractivity (Wildman–Crippen MR) is 145 cm³/mol. The molecule has 0 saturated heterocycles. The van der Waals surface area contributed by atoms with E-state index in [1.807, 2.05) is 36.4 Å². The SMILES string of the molecule is C/C(=C/c1cccc(Cl)c1-c1cccc(-c2cn(Cc3ccccc3)c3ccccc23)c1)C(=O)O. The second-order valence-electron chi connectivity index (χ2n) is 8.59. The lowest BCUT2D eigenvalue weighted by Gasteiger charge is -2.11. The van der Waals surface area contributed by atoms with Gasteiger partial charge >= 0.3 is 5.97 Å². The van der Waals surface area contributed by atoms with Gasteiger partial charge in [0, 0.05) is 45.4 Å². The summed E-state index contributed by atoms with van der Waals surface area (Å²) in [6.45, 7) is 2.38. The van der Waals surface area contributed by atoms with E-state index in [0.29, 0.717) is 5.02 Å². The Morgan fingerprint density at radius 3 is 2.40 bits per heavy atom. The lowest BCUT2D eigenvalue weighted by Crippen LogP contribution is -1.97. The first-order chi connectivity index (χ1) is 17.0. The van der Waals surface area contributed by atoms with E-state index in [1.54, 1.807) is 13.0 Å². The Morgan fingerprint density at radius 1 is 0.886 bits per heavy atom. The van der Waals surface area contributed by atoms with Crippen molar-refractivity contribution in [3.8, 4) is 22.3 Å². The number of para-hydroxylation sites is 1. The quantitative estimate of drug-likeness (QED) is 0.250. The summed E-state index contributed by atoms with van der Waals surface area (Å²) in [6, 6.07) is 32.7. The van der Waals surface area contributed by atoms with Gasteiger partial charge in [0.05, 0.1) is 0 Å². The summed E-state index contributed by atoms with van der Waals surface area (Å²) in [4.78, 5) is 11.4. The second kappa shape index (κ2) is 9.65. The monoisotopic (exact) mass is 477 g/mol.